The minimum absolute atomic E-state index is 0.00162. The molecule has 1 amide bonds. The van der Waals surface area contributed by atoms with E-state index >= 15 is 0 Å². The predicted molar refractivity (Wildman–Crippen MR) is 83.0 cm³/mol. The lowest BCUT2D eigenvalue weighted by molar-refractivity contribution is -0.117. The maximum Gasteiger partial charge on any atom is 0.238 e. The number of aliphatic hydroxyl groups excluding tert-OH is 1. The Bertz CT molecular complexity index is 444. The molecule has 20 heavy (non-hydrogen) atoms. The Kier molecular flexibility index (Phi) is 6.68. The van der Waals surface area contributed by atoms with E-state index in [1.807, 2.05) is 44.0 Å². The zero-order valence-electron chi connectivity index (χ0n) is 12.9. The van der Waals surface area contributed by atoms with Crippen molar-refractivity contribution in [2.24, 2.45) is 0 Å². The van der Waals surface area contributed by atoms with Gasteiger partial charge in [0, 0.05) is 5.69 Å². The average molecular weight is 278 g/mol. The van der Waals surface area contributed by atoms with Crippen LogP contribution in [0, 0.1) is 13.8 Å². The SMILES string of the molecule is Cc1cccc(NC(=O)CN(C)CCC[C@H](C)O)c1C. The normalized spacial score (nSPS) is 12.5. The number of rotatable bonds is 7. The minimum atomic E-state index is -0.271. The fourth-order valence-electron chi connectivity index (χ4n) is 2.06. The lowest BCUT2D eigenvalue weighted by Crippen LogP contribution is -2.31. The standard InChI is InChI=1S/C16H26N2O2/c1-12-7-5-9-15(14(12)3)17-16(20)11-18(4)10-6-8-13(2)19/h5,7,9,13,19H,6,8,10-11H2,1-4H3,(H,17,20)/t13-/m0/s1. The molecule has 1 rings (SSSR count). The molecule has 4 nitrogen and oxygen atoms in total. The third-order valence-corrected chi connectivity index (χ3v) is 3.45. The molecule has 0 aliphatic carbocycles. The summed E-state index contributed by atoms with van der Waals surface area (Å²) in [5, 5.41) is 12.2. The predicted octanol–water partition coefficient (Wildman–Crippen LogP) is 2.33. The smallest absolute Gasteiger partial charge is 0.238 e. The second-order valence-electron chi connectivity index (χ2n) is 5.52. The Morgan fingerprint density at radius 3 is 2.75 bits per heavy atom. The molecule has 0 unspecified atom stereocenters. The van der Waals surface area contributed by atoms with Crippen molar-refractivity contribution in [3.8, 4) is 0 Å². The van der Waals surface area contributed by atoms with Gasteiger partial charge in [0.05, 0.1) is 12.6 Å². The van der Waals surface area contributed by atoms with Crippen LogP contribution in [0.2, 0.25) is 0 Å². The molecule has 112 valence electrons. The zero-order valence-corrected chi connectivity index (χ0v) is 12.9. The molecule has 0 aromatic heterocycles. The highest BCUT2D eigenvalue weighted by Gasteiger charge is 2.09. The summed E-state index contributed by atoms with van der Waals surface area (Å²) in [5.41, 5.74) is 3.16. The Hall–Kier alpha value is -1.39. The zero-order chi connectivity index (χ0) is 15.1. The molecule has 2 N–H and O–H groups in total. The van der Waals surface area contributed by atoms with E-state index in [0.29, 0.717) is 6.54 Å². The van der Waals surface area contributed by atoms with Gasteiger partial charge in [0.1, 0.15) is 0 Å². The topological polar surface area (TPSA) is 52.6 Å². The van der Waals surface area contributed by atoms with E-state index in [1.54, 1.807) is 6.92 Å². The number of amides is 1. The number of carbonyl (C=O) groups excluding carboxylic acids is 1. The first-order chi connectivity index (χ1) is 9.40. The maximum absolute atomic E-state index is 12.0. The van der Waals surface area contributed by atoms with Gasteiger partial charge in [0.25, 0.3) is 0 Å². The molecule has 0 saturated carbocycles. The molecule has 1 aromatic rings. The van der Waals surface area contributed by atoms with Crippen LogP contribution in [0.15, 0.2) is 18.2 Å². The van der Waals surface area contributed by atoms with Gasteiger partial charge in [0.15, 0.2) is 0 Å². The average Bonchev–Trinajstić information content (AvgIpc) is 2.34. The molecule has 4 heteroatoms. The summed E-state index contributed by atoms with van der Waals surface area (Å²) >= 11 is 0. The van der Waals surface area contributed by atoms with Gasteiger partial charge >= 0.3 is 0 Å². The summed E-state index contributed by atoms with van der Waals surface area (Å²) in [6.45, 7) is 7.01. The Morgan fingerprint density at radius 1 is 1.40 bits per heavy atom. The Labute approximate surface area is 121 Å². The van der Waals surface area contributed by atoms with Gasteiger partial charge in [-0.05, 0) is 64.4 Å². The second kappa shape index (κ2) is 8.02. The van der Waals surface area contributed by atoms with Gasteiger partial charge in [-0.25, -0.2) is 0 Å². The van der Waals surface area contributed by atoms with E-state index in [1.165, 1.54) is 5.56 Å². The van der Waals surface area contributed by atoms with Crippen LogP contribution in [0.4, 0.5) is 5.69 Å². The number of anilines is 1. The van der Waals surface area contributed by atoms with Crippen molar-refractivity contribution in [2.45, 2.75) is 39.7 Å². The summed E-state index contributed by atoms with van der Waals surface area (Å²) in [6.07, 6.45) is 1.39. The molecule has 0 saturated heterocycles. The molecule has 0 aliphatic heterocycles. The summed E-state index contributed by atoms with van der Waals surface area (Å²) in [6, 6.07) is 5.91. The number of carbonyl (C=O) groups is 1. The third kappa shape index (κ3) is 5.72. The van der Waals surface area contributed by atoms with Crippen molar-refractivity contribution < 1.29 is 9.90 Å². The van der Waals surface area contributed by atoms with E-state index in [4.69, 9.17) is 0 Å². The van der Waals surface area contributed by atoms with Crippen LogP contribution in [0.1, 0.15) is 30.9 Å². The van der Waals surface area contributed by atoms with Crippen molar-refractivity contribution in [1.82, 2.24) is 4.90 Å². The van der Waals surface area contributed by atoms with E-state index < -0.39 is 0 Å². The summed E-state index contributed by atoms with van der Waals surface area (Å²) < 4.78 is 0. The van der Waals surface area contributed by atoms with Crippen LogP contribution >= 0.6 is 0 Å². The summed E-state index contributed by atoms with van der Waals surface area (Å²) in [5.74, 6) is -0.00162. The van der Waals surface area contributed by atoms with Crippen LogP contribution in [-0.2, 0) is 4.79 Å². The maximum atomic E-state index is 12.0. The first-order valence-corrected chi connectivity index (χ1v) is 7.13. The largest absolute Gasteiger partial charge is 0.393 e. The van der Waals surface area contributed by atoms with Crippen LogP contribution in [-0.4, -0.2) is 42.2 Å². The number of hydrogen-bond donors (Lipinski definition) is 2. The number of benzene rings is 1. The highest BCUT2D eigenvalue weighted by molar-refractivity contribution is 5.93. The number of hydrogen-bond acceptors (Lipinski definition) is 3. The molecule has 1 aromatic carbocycles. The monoisotopic (exact) mass is 278 g/mol. The number of nitrogens with zero attached hydrogens (tertiary/aromatic N) is 1. The van der Waals surface area contributed by atoms with Crippen LogP contribution in [0.5, 0.6) is 0 Å². The number of nitrogens with one attached hydrogen (secondary N) is 1. The summed E-state index contributed by atoms with van der Waals surface area (Å²) in [4.78, 5) is 14.0. The lowest BCUT2D eigenvalue weighted by atomic mass is 10.1. The first kappa shape index (κ1) is 16.7. The van der Waals surface area contributed by atoms with Crippen molar-refractivity contribution in [1.29, 1.82) is 0 Å². The van der Waals surface area contributed by atoms with Crippen LogP contribution in [0.25, 0.3) is 0 Å². The molecule has 1 atom stereocenters. The number of aliphatic hydroxyl groups is 1. The van der Waals surface area contributed by atoms with Gasteiger partial charge in [-0.1, -0.05) is 12.1 Å². The lowest BCUT2D eigenvalue weighted by Gasteiger charge is -2.17. The highest BCUT2D eigenvalue weighted by atomic mass is 16.3. The van der Waals surface area contributed by atoms with Crippen molar-refractivity contribution in [3.63, 3.8) is 0 Å². The third-order valence-electron chi connectivity index (χ3n) is 3.45. The molecule has 0 radical (unpaired) electrons. The minimum Gasteiger partial charge on any atom is -0.393 e. The molecule has 0 heterocycles. The Balaban J connectivity index is 2.41. The van der Waals surface area contributed by atoms with Crippen molar-refractivity contribution in [2.75, 3.05) is 25.5 Å². The fourth-order valence-corrected chi connectivity index (χ4v) is 2.06. The van der Waals surface area contributed by atoms with Crippen LogP contribution < -0.4 is 5.32 Å². The number of aryl methyl sites for hydroxylation is 1. The van der Waals surface area contributed by atoms with Crippen LogP contribution in [0.3, 0.4) is 0 Å². The van der Waals surface area contributed by atoms with Crippen molar-refractivity contribution >= 4 is 11.6 Å². The van der Waals surface area contributed by atoms with Gasteiger partial charge in [0.2, 0.25) is 5.91 Å². The quantitative estimate of drug-likeness (QED) is 0.805. The van der Waals surface area contributed by atoms with Gasteiger partial charge in [-0.3, -0.25) is 9.69 Å². The molecular weight excluding hydrogens is 252 g/mol. The molecule has 0 bridgehead atoms. The van der Waals surface area contributed by atoms with E-state index in [0.717, 1.165) is 30.6 Å². The van der Waals surface area contributed by atoms with Crippen molar-refractivity contribution in [3.05, 3.63) is 29.3 Å². The van der Waals surface area contributed by atoms with Gasteiger partial charge in [-0.2, -0.15) is 0 Å². The molecule has 0 spiro atoms. The van der Waals surface area contributed by atoms with Gasteiger partial charge < -0.3 is 10.4 Å². The first-order valence-electron chi connectivity index (χ1n) is 7.13. The van der Waals surface area contributed by atoms with E-state index in [9.17, 15) is 9.90 Å². The molecular formula is C16H26N2O2. The number of likely N-dealkylation sites (N-methyl/N-ethyl adjacent to an activating group) is 1. The second-order valence-corrected chi connectivity index (χ2v) is 5.52. The Morgan fingerprint density at radius 2 is 2.10 bits per heavy atom. The fraction of sp³-hybridized carbons (Fsp3) is 0.562. The highest BCUT2D eigenvalue weighted by Crippen LogP contribution is 2.17. The van der Waals surface area contributed by atoms with Gasteiger partial charge in [-0.15, -0.1) is 0 Å². The molecule has 0 aliphatic rings. The van der Waals surface area contributed by atoms with E-state index in [2.05, 4.69) is 5.32 Å². The molecule has 0 fully saturated rings. The summed E-state index contributed by atoms with van der Waals surface area (Å²) in [7, 11) is 1.92. The van der Waals surface area contributed by atoms with E-state index in [-0.39, 0.29) is 12.0 Å².